The van der Waals surface area contributed by atoms with Crippen molar-refractivity contribution in [1.82, 2.24) is 9.78 Å². The number of nitrogens with zero attached hydrogens (tertiary/aromatic N) is 2. The quantitative estimate of drug-likeness (QED) is 0.919. The number of aryl methyl sites for hydroxylation is 2. The highest BCUT2D eigenvalue weighted by Gasteiger charge is 2.10. The van der Waals surface area contributed by atoms with E-state index < -0.39 is 6.10 Å². The molecular formula is C14H17BrN2O2. The topological polar surface area (TPSA) is 47.3 Å². The van der Waals surface area contributed by atoms with Crippen molar-refractivity contribution in [2.45, 2.75) is 26.5 Å². The number of hydrogen-bond donors (Lipinski definition) is 1. The van der Waals surface area contributed by atoms with E-state index in [1.807, 2.05) is 44.2 Å². The van der Waals surface area contributed by atoms with Crippen molar-refractivity contribution in [3.05, 3.63) is 46.2 Å². The van der Waals surface area contributed by atoms with Crippen LogP contribution < -0.4 is 4.74 Å². The molecule has 0 unspecified atom stereocenters. The SMILES string of the molecule is Cc1cc(C)n(C[C@@H](O)COc2ccccc2Br)n1. The summed E-state index contributed by atoms with van der Waals surface area (Å²) in [6.45, 7) is 4.58. The first-order valence-electron chi connectivity index (χ1n) is 6.12. The highest BCUT2D eigenvalue weighted by molar-refractivity contribution is 9.10. The third kappa shape index (κ3) is 3.81. The maximum Gasteiger partial charge on any atom is 0.133 e. The molecule has 0 amide bonds. The molecule has 0 aliphatic rings. The normalized spacial score (nSPS) is 12.4. The third-order valence-corrected chi connectivity index (χ3v) is 3.41. The van der Waals surface area contributed by atoms with E-state index in [0.29, 0.717) is 6.54 Å². The first-order valence-corrected chi connectivity index (χ1v) is 6.92. The van der Waals surface area contributed by atoms with Crippen molar-refractivity contribution < 1.29 is 9.84 Å². The molecule has 4 nitrogen and oxygen atoms in total. The van der Waals surface area contributed by atoms with Gasteiger partial charge in [0.1, 0.15) is 18.5 Å². The Morgan fingerprint density at radius 2 is 2.11 bits per heavy atom. The lowest BCUT2D eigenvalue weighted by Gasteiger charge is -2.14. The minimum atomic E-state index is -0.592. The van der Waals surface area contributed by atoms with Crippen molar-refractivity contribution in [2.24, 2.45) is 0 Å². The van der Waals surface area contributed by atoms with Crippen LogP contribution >= 0.6 is 15.9 Å². The van der Waals surface area contributed by atoms with Gasteiger partial charge in [0, 0.05) is 5.69 Å². The summed E-state index contributed by atoms with van der Waals surface area (Å²) in [6, 6.07) is 9.57. The van der Waals surface area contributed by atoms with Crippen molar-refractivity contribution in [2.75, 3.05) is 6.61 Å². The first-order chi connectivity index (χ1) is 9.06. The lowest BCUT2D eigenvalue weighted by atomic mass is 10.3. The molecule has 2 aromatic rings. The van der Waals surface area contributed by atoms with Gasteiger partial charge in [0.05, 0.1) is 16.7 Å². The van der Waals surface area contributed by atoms with E-state index in [4.69, 9.17) is 4.74 Å². The number of benzene rings is 1. The lowest BCUT2D eigenvalue weighted by molar-refractivity contribution is 0.0883. The maximum absolute atomic E-state index is 9.99. The highest BCUT2D eigenvalue weighted by atomic mass is 79.9. The minimum absolute atomic E-state index is 0.237. The van der Waals surface area contributed by atoms with Gasteiger partial charge in [0.25, 0.3) is 0 Å². The van der Waals surface area contributed by atoms with Crippen LogP contribution in [0.15, 0.2) is 34.8 Å². The van der Waals surface area contributed by atoms with Gasteiger partial charge in [-0.15, -0.1) is 0 Å². The Bertz CT molecular complexity index is 554. The summed E-state index contributed by atoms with van der Waals surface area (Å²) in [5, 5.41) is 14.3. The van der Waals surface area contributed by atoms with Crippen LogP contribution in [0, 0.1) is 13.8 Å². The number of aromatic nitrogens is 2. The largest absolute Gasteiger partial charge is 0.490 e. The number of para-hydroxylation sites is 1. The molecule has 0 bridgehead atoms. The summed E-state index contributed by atoms with van der Waals surface area (Å²) in [5.74, 6) is 0.731. The fraction of sp³-hybridized carbons (Fsp3) is 0.357. The number of hydrogen-bond acceptors (Lipinski definition) is 3. The molecule has 19 heavy (non-hydrogen) atoms. The van der Waals surface area contributed by atoms with Crippen molar-refractivity contribution in [3.8, 4) is 5.75 Å². The Morgan fingerprint density at radius 1 is 1.37 bits per heavy atom. The Hall–Kier alpha value is -1.33. The molecule has 1 atom stereocenters. The van der Waals surface area contributed by atoms with Crippen LogP contribution in [0.25, 0.3) is 0 Å². The van der Waals surface area contributed by atoms with Crippen LogP contribution in [0.1, 0.15) is 11.4 Å². The van der Waals surface area contributed by atoms with Crippen molar-refractivity contribution in [1.29, 1.82) is 0 Å². The Labute approximate surface area is 121 Å². The molecule has 0 aliphatic carbocycles. The Morgan fingerprint density at radius 3 is 2.74 bits per heavy atom. The molecule has 1 N–H and O–H groups in total. The number of halogens is 1. The van der Waals surface area contributed by atoms with Crippen molar-refractivity contribution >= 4 is 15.9 Å². The fourth-order valence-electron chi connectivity index (χ4n) is 1.86. The number of aliphatic hydroxyl groups is 1. The van der Waals surface area contributed by atoms with Gasteiger partial charge in [-0.3, -0.25) is 4.68 Å². The second-order valence-electron chi connectivity index (χ2n) is 4.50. The van der Waals surface area contributed by atoms with Gasteiger partial charge in [-0.2, -0.15) is 5.10 Å². The molecule has 1 aromatic carbocycles. The minimum Gasteiger partial charge on any atom is -0.490 e. The molecular weight excluding hydrogens is 308 g/mol. The molecule has 0 aliphatic heterocycles. The predicted octanol–water partition coefficient (Wildman–Crippen LogP) is 2.70. The van der Waals surface area contributed by atoms with Gasteiger partial charge in [0.2, 0.25) is 0 Å². The van der Waals surface area contributed by atoms with Crippen LogP contribution in [-0.2, 0) is 6.54 Å². The molecule has 0 spiro atoms. The van der Waals surface area contributed by atoms with Crippen LogP contribution in [-0.4, -0.2) is 27.6 Å². The molecule has 0 saturated carbocycles. The maximum atomic E-state index is 9.99. The molecule has 2 rings (SSSR count). The summed E-state index contributed by atoms with van der Waals surface area (Å²) >= 11 is 3.40. The van der Waals surface area contributed by atoms with E-state index in [9.17, 15) is 5.11 Å². The van der Waals surface area contributed by atoms with E-state index in [1.165, 1.54) is 0 Å². The third-order valence-electron chi connectivity index (χ3n) is 2.75. The molecule has 0 fully saturated rings. The summed E-state index contributed by atoms with van der Waals surface area (Å²) in [5.41, 5.74) is 1.99. The Balaban J connectivity index is 1.90. The molecule has 0 saturated heterocycles. The Kier molecular flexibility index (Phi) is 4.61. The molecule has 1 heterocycles. The van der Waals surface area contributed by atoms with Gasteiger partial charge in [-0.1, -0.05) is 12.1 Å². The highest BCUT2D eigenvalue weighted by Crippen LogP contribution is 2.23. The van der Waals surface area contributed by atoms with E-state index in [0.717, 1.165) is 21.6 Å². The van der Waals surface area contributed by atoms with Crippen molar-refractivity contribution in [3.63, 3.8) is 0 Å². The summed E-state index contributed by atoms with van der Waals surface area (Å²) in [7, 11) is 0. The van der Waals surface area contributed by atoms with Gasteiger partial charge in [-0.05, 0) is 48.0 Å². The van der Waals surface area contributed by atoms with Gasteiger partial charge >= 0.3 is 0 Å². The predicted molar refractivity (Wildman–Crippen MR) is 77.3 cm³/mol. The van der Waals surface area contributed by atoms with Gasteiger partial charge < -0.3 is 9.84 Å². The lowest BCUT2D eigenvalue weighted by Crippen LogP contribution is -2.24. The first kappa shape index (κ1) is 14.1. The number of aliphatic hydroxyl groups excluding tert-OH is 1. The molecule has 1 aromatic heterocycles. The number of rotatable bonds is 5. The average molecular weight is 325 g/mol. The second kappa shape index (κ2) is 6.21. The zero-order chi connectivity index (χ0) is 13.8. The zero-order valence-corrected chi connectivity index (χ0v) is 12.6. The second-order valence-corrected chi connectivity index (χ2v) is 5.36. The fourth-order valence-corrected chi connectivity index (χ4v) is 2.26. The van der Waals surface area contributed by atoms with Crippen LogP contribution in [0.2, 0.25) is 0 Å². The summed E-state index contributed by atoms with van der Waals surface area (Å²) < 4.78 is 8.26. The van der Waals surface area contributed by atoms with Gasteiger partial charge in [0.15, 0.2) is 0 Å². The summed E-state index contributed by atoms with van der Waals surface area (Å²) in [4.78, 5) is 0. The molecule has 0 radical (unpaired) electrons. The van der Waals surface area contributed by atoms with E-state index in [2.05, 4.69) is 21.0 Å². The monoisotopic (exact) mass is 324 g/mol. The molecule has 5 heteroatoms. The molecule has 102 valence electrons. The zero-order valence-electron chi connectivity index (χ0n) is 11.0. The summed E-state index contributed by atoms with van der Waals surface area (Å²) in [6.07, 6.45) is -0.592. The standard InChI is InChI=1S/C14H17BrN2O2/c1-10-7-11(2)17(16-10)8-12(18)9-19-14-6-4-3-5-13(14)15/h3-7,12,18H,8-9H2,1-2H3/t12-/m1/s1. The van der Waals surface area contributed by atoms with Gasteiger partial charge in [-0.25, -0.2) is 0 Å². The average Bonchev–Trinajstić information content (AvgIpc) is 2.67. The van der Waals surface area contributed by atoms with E-state index >= 15 is 0 Å². The van der Waals surface area contributed by atoms with E-state index in [-0.39, 0.29) is 6.61 Å². The van der Waals surface area contributed by atoms with E-state index in [1.54, 1.807) is 4.68 Å². The number of ether oxygens (including phenoxy) is 1. The van der Waals surface area contributed by atoms with Crippen LogP contribution in [0.3, 0.4) is 0 Å². The van der Waals surface area contributed by atoms with Crippen LogP contribution in [0.5, 0.6) is 5.75 Å². The van der Waals surface area contributed by atoms with Crippen LogP contribution in [0.4, 0.5) is 0 Å². The smallest absolute Gasteiger partial charge is 0.133 e.